The molecule has 2 rings (SSSR count). The second-order valence-electron chi connectivity index (χ2n) is 4.61. The minimum absolute atomic E-state index is 0.0174. The van der Waals surface area contributed by atoms with Gasteiger partial charge in [0.1, 0.15) is 5.75 Å². The van der Waals surface area contributed by atoms with Crippen LogP contribution in [0.4, 0.5) is 0 Å². The summed E-state index contributed by atoms with van der Waals surface area (Å²) in [5.41, 5.74) is 0. The van der Waals surface area contributed by atoms with Crippen molar-refractivity contribution in [2.75, 3.05) is 26.4 Å². The highest BCUT2D eigenvalue weighted by Gasteiger charge is 2.14. The van der Waals surface area contributed by atoms with Crippen LogP contribution in [0.2, 0.25) is 5.02 Å². The minimum Gasteiger partial charge on any atom is -0.484 e. The zero-order valence-corrected chi connectivity index (χ0v) is 11.5. The molecule has 1 fully saturated rings. The summed E-state index contributed by atoms with van der Waals surface area (Å²) in [6.45, 7) is 2.30. The summed E-state index contributed by atoms with van der Waals surface area (Å²) in [4.78, 5) is 11.6. The van der Waals surface area contributed by atoms with Crippen LogP contribution in [0.5, 0.6) is 5.75 Å². The molecule has 5 heteroatoms. The number of carbonyl (C=O) groups excluding carboxylic acids is 1. The van der Waals surface area contributed by atoms with Gasteiger partial charge in [-0.25, -0.2) is 0 Å². The van der Waals surface area contributed by atoms with Crippen molar-refractivity contribution >= 4 is 17.5 Å². The van der Waals surface area contributed by atoms with Gasteiger partial charge in [-0.1, -0.05) is 17.7 Å². The lowest BCUT2D eigenvalue weighted by Crippen LogP contribution is -2.35. The van der Waals surface area contributed by atoms with Gasteiger partial charge >= 0.3 is 0 Å². The van der Waals surface area contributed by atoms with E-state index >= 15 is 0 Å². The standard InChI is InChI=1S/C14H18ClNO3/c15-12-2-1-3-13(8-12)19-10-14(17)16-9-11-4-6-18-7-5-11/h1-3,8,11H,4-7,9-10H2,(H,16,17). The molecule has 104 valence electrons. The number of ether oxygens (including phenoxy) is 2. The van der Waals surface area contributed by atoms with Crippen LogP contribution in [-0.4, -0.2) is 32.3 Å². The van der Waals surface area contributed by atoms with Gasteiger partial charge in [0.15, 0.2) is 6.61 Å². The lowest BCUT2D eigenvalue weighted by Gasteiger charge is -2.22. The Morgan fingerprint density at radius 1 is 1.42 bits per heavy atom. The minimum atomic E-state index is -0.105. The van der Waals surface area contributed by atoms with Gasteiger partial charge in [0, 0.05) is 24.8 Å². The third-order valence-electron chi connectivity index (χ3n) is 3.09. The van der Waals surface area contributed by atoms with E-state index in [9.17, 15) is 4.79 Å². The Morgan fingerprint density at radius 2 is 2.21 bits per heavy atom. The maximum atomic E-state index is 11.6. The number of rotatable bonds is 5. The van der Waals surface area contributed by atoms with E-state index in [1.54, 1.807) is 24.3 Å². The van der Waals surface area contributed by atoms with Gasteiger partial charge in [-0.05, 0) is 37.0 Å². The monoisotopic (exact) mass is 283 g/mol. The third kappa shape index (κ3) is 5.09. The number of benzene rings is 1. The van der Waals surface area contributed by atoms with Crippen molar-refractivity contribution in [1.82, 2.24) is 5.32 Å². The molecular formula is C14H18ClNO3. The average molecular weight is 284 g/mol. The van der Waals surface area contributed by atoms with Crippen molar-refractivity contribution in [2.45, 2.75) is 12.8 Å². The van der Waals surface area contributed by atoms with Gasteiger partial charge in [-0.15, -0.1) is 0 Å². The third-order valence-corrected chi connectivity index (χ3v) is 3.33. The Morgan fingerprint density at radius 3 is 2.95 bits per heavy atom. The molecule has 1 amide bonds. The van der Waals surface area contributed by atoms with Gasteiger partial charge in [-0.3, -0.25) is 4.79 Å². The lowest BCUT2D eigenvalue weighted by atomic mass is 10.0. The number of hydrogen-bond acceptors (Lipinski definition) is 3. The summed E-state index contributed by atoms with van der Waals surface area (Å²) < 4.78 is 10.6. The van der Waals surface area contributed by atoms with Gasteiger partial charge in [0.05, 0.1) is 0 Å². The van der Waals surface area contributed by atoms with Crippen molar-refractivity contribution < 1.29 is 14.3 Å². The second kappa shape index (κ2) is 7.36. The highest BCUT2D eigenvalue weighted by Crippen LogP contribution is 2.17. The maximum absolute atomic E-state index is 11.6. The van der Waals surface area contributed by atoms with Crippen LogP contribution >= 0.6 is 11.6 Å². The van der Waals surface area contributed by atoms with Crippen molar-refractivity contribution in [3.05, 3.63) is 29.3 Å². The van der Waals surface area contributed by atoms with Gasteiger partial charge in [0.25, 0.3) is 5.91 Å². The first-order chi connectivity index (χ1) is 9.24. The zero-order valence-electron chi connectivity index (χ0n) is 10.7. The Bertz CT molecular complexity index is 419. The largest absolute Gasteiger partial charge is 0.484 e. The molecule has 4 nitrogen and oxygen atoms in total. The van der Waals surface area contributed by atoms with E-state index in [-0.39, 0.29) is 12.5 Å². The molecule has 19 heavy (non-hydrogen) atoms. The molecule has 0 saturated carbocycles. The maximum Gasteiger partial charge on any atom is 0.257 e. The smallest absolute Gasteiger partial charge is 0.257 e. The highest BCUT2D eigenvalue weighted by molar-refractivity contribution is 6.30. The van der Waals surface area contributed by atoms with E-state index in [4.69, 9.17) is 21.1 Å². The van der Waals surface area contributed by atoms with Crippen molar-refractivity contribution in [3.63, 3.8) is 0 Å². The Balaban J connectivity index is 1.66. The predicted molar refractivity (Wildman–Crippen MR) is 73.5 cm³/mol. The van der Waals surface area contributed by atoms with Gasteiger partial charge in [0.2, 0.25) is 0 Å². The second-order valence-corrected chi connectivity index (χ2v) is 5.04. The van der Waals surface area contributed by atoms with Crippen molar-refractivity contribution in [1.29, 1.82) is 0 Å². The summed E-state index contributed by atoms with van der Waals surface area (Å²) in [6.07, 6.45) is 2.02. The zero-order chi connectivity index (χ0) is 13.5. The molecule has 1 N–H and O–H groups in total. The normalized spacial score (nSPS) is 16.1. The summed E-state index contributed by atoms with van der Waals surface area (Å²) in [5.74, 6) is 1.02. The molecule has 1 aliphatic rings. The van der Waals surface area contributed by atoms with E-state index in [0.717, 1.165) is 26.1 Å². The number of hydrogen-bond donors (Lipinski definition) is 1. The topological polar surface area (TPSA) is 47.6 Å². The Kier molecular flexibility index (Phi) is 5.48. The number of amides is 1. The molecule has 0 radical (unpaired) electrons. The van der Waals surface area contributed by atoms with E-state index in [2.05, 4.69) is 5.32 Å². The quantitative estimate of drug-likeness (QED) is 0.902. The van der Waals surface area contributed by atoms with Crippen LogP contribution in [-0.2, 0) is 9.53 Å². The van der Waals surface area contributed by atoms with E-state index in [1.165, 1.54) is 0 Å². The number of halogens is 1. The molecule has 0 bridgehead atoms. The van der Waals surface area contributed by atoms with Crippen LogP contribution in [0.1, 0.15) is 12.8 Å². The summed E-state index contributed by atoms with van der Waals surface area (Å²) in [6, 6.07) is 7.02. The van der Waals surface area contributed by atoms with Crippen LogP contribution in [0, 0.1) is 5.92 Å². The number of nitrogens with one attached hydrogen (secondary N) is 1. The first-order valence-corrected chi connectivity index (χ1v) is 6.84. The summed E-state index contributed by atoms with van der Waals surface area (Å²) in [7, 11) is 0. The first kappa shape index (κ1) is 14.2. The molecular weight excluding hydrogens is 266 g/mol. The fraction of sp³-hybridized carbons (Fsp3) is 0.500. The van der Waals surface area contributed by atoms with Gasteiger partial charge < -0.3 is 14.8 Å². The molecule has 0 aromatic heterocycles. The molecule has 1 saturated heterocycles. The Hall–Kier alpha value is -1.26. The average Bonchev–Trinajstić information content (AvgIpc) is 2.44. The molecule has 1 aliphatic heterocycles. The molecule has 1 aromatic carbocycles. The van der Waals surface area contributed by atoms with Crippen molar-refractivity contribution in [2.24, 2.45) is 5.92 Å². The van der Waals surface area contributed by atoms with E-state index < -0.39 is 0 Å². The van der Waals surface area contributed by atoms with E-state index in [0.29, 0.717) is 23.2 Å². The Labute approximate surface area is 118 Å². The molecule has 1 aromatic rings. The molecule has 0 spiro atoms. The number of carbonyl (C=O) groups is 1. The molecule has 0 unspecified atom stereocenters. The van der Waals surface area contributed by atoms with Crippen LogP contribution < -0.4 is 10.1 Å². The van der Waals surface area contributed by atoms with Crippen molar-refractivity contribution in [3.8, 4) is 5.75 Å². The predicted octanol–water partition coefficient (Wildman–Crippen LogP) is 2.26. The van der Waals surface area contributed by atoms with E-state index in [1.807, 2.05) is 0 Å². The van der Waals surface area contributed by atoms with Crippen LogP contribution in [0.3, 0.4) is 0 Å². The lowest BCUT2D eigenvalue weighted by molar-refractivity contribution is -0.123. The summed E-state index contributed by atoms with van der Waals surface area (Å²) in [5, 5.41) is 3.48. The van der Waals surface area contributed by atoms with Gasteiger partial charge in [-0.2, -0.15) is 0 Å². The van der Waals surface area contributed by atoms with Crippen LogP contribution in [0.15, 0.2) is 24.3 Å². The fourth-order valence-electron chi connectivity index (χ4n) is 1.97. The molecule has 1 heterocycles. The fourth-order valence-corrected chi connectivity index (χ4v) is 2.15. The molecule has 0 atom stereocenters. The summed E-state index contributed by atoms with van der Waals surface area (Å²) >= 11 is 5.83. The molecule has 0 aliphatic carbocycles. The first-order valence-electron chi connectivity index (χ1n) is 6.47. The SMILES string of the molecule is O=C(COc1cccc(Cl)c1)NCC1CCOCC1. The van der Waals surface area contributed by atoms with Crippen LogP contribution in [0.25, 0.3) is 0 Å². The highest BCUT2D eigenvalue weighted by atomic mass is 35.5.